The third-order valence-corrected chi connectivity index (χ3v) is 2.85. The lowest BCUT2D eigenvalue weighted by atomic mass is 10.1. The number of benzene rings is 1. The van der Waals surface area contributed by atoms with Crippen LogP contribution >= 0.6 is 11.6 Å². The second-order valence-electron chi connectivity index (χ2n) is 3.94. The van der Waals surface area contributed by atoms with E-state index >= 15 is 0 Å². The van der Waals surface area contributed by atoms with Crippen LogP contribution in [0.5, 0.6) is 0 Å². The van der Waals surface area contributed by atoms with E-state index in [2.05, 4.69) is 12.2 Å². The Balaban J connectivity index is 2.65. The van der Waals surface area contributed by atoms with Crippen LogP contribution in [0.2, 0.25) is 5.02 Å². The molecule has 0 spiro atoms. The molecule has 0 saturated heterocycles. The van der Waals surface area contributed by atoms with Gasteiger partial charge in [0.05, 0.1) is 0 Å². The number of quaternary nitrogens is 1. The lowest BCUT2D eigenvalue weighted by Gasteiger charge is -2.16. The van der Waals surface area contributed by atoms with Crippen molar-refractivity contribution in [2.75, 3.05) is 7.05 Å². The summed E-state index contributed by atoms with van der Waals surface area (Å²) in [5, 5.41) is 5.38. The Hall–Kier alpha value is -1.06. The molecule has 3 nitrogen and oxygen atoms in total. The number of nitrogens with one attached hydrogen (secondary N) is 1. The molecule has 0 bridgehead atoms. The van der Waals surface area contributed by atoms with Gasteiger partial charge >= 0.3 is 0 Å². The van der Waals surface area contributed by atoms with Crippen LogP contribution in [0, 0.1) is 0 Å². The minimum absolute atomic E-state index is 0.0360. The Morgan fingerprint density at radius 1 is 1.44 bits per heavy atom. The van der Waals surface area contributed by atoms with Crippen LogP contribution in [-0.2, 0) is 4.79 Å². The summed E-state index contributed by atoms with van der Waals surface area (Å²) in [6.07, 6.45) is 0. The normalized spacial score (nSPS) is 14.2. The molecular formula is C12H18ClN2O+. The Bertz CT molecular complexity index is 368. The summed E-state index contributed by atoms with van der Waals surface area (Å²) in [6, 6.07) is 7.83. The highest BCUT2D eigenvalue weighted by atomic mass is 35.5. The van der Waals surface area contributed by atoms with E-state index in [-0.39, 0.29) is 18.0 Å². The zero-order chi connectivity index (χ0) is 12.1. The molecule has 0 aliphatic carbocycles. The van der Waals surface area contributed by atoms with Crippen LogP contribution in [0.3, 0.4) is 0 Å². The Morgan fingerprint density at radius 3 is 2.69 bits per heavy atom. The van der Waals surface area contributed by atoms with Gasteiger partial charge in [0.15, 0.2) is 6.04 Å². The number of carbonyl (C=O) groups is 1. The zero-order valence-corrected chi connectivity index (χ0v) is 10.6. The SMILES string of the molecule is CNC(=O)[C@@H](C)[NH2+][C@H](C)c1cccc(Cl)c1. The Kier molecular flexibility index (Phi) is 4.77. The smallest absolute Gasteiger partial charge is 0.277 e. The molecule has 0 radical (unpaired) electrons. The lowest BCUT2D eigenvalue weighted by molar-refractivity contribution is -0.710. The maximum atomic E-state index is 11.4. The predicted octanol–water partition coefficient (Wildman–Crippen LogP) is 1.10. The number of amides is 1. The van der Waals surface area contributed by atoms with Gasteiger partial charge in [0.2, 0.25) is 0 Å². The van der Waals surface area contributed by atoms with Gasteiger partial charge in [0.1, 0.15) is 6.04 Å². The summed E-state index contributed by atoms with van der Waals surface area (Å²) in [7, 11) is 1.65. The van der Waals surface area contributed by atoms with Crippen LogP contribution in [0.25, 0.3) is 0 Å². The molecule has 1 amide bonds. The fourth-order valence-electron chi connectivity index (χ4n) is 1.65. The summed E-state index contributed by atoms with van der Waals surface area (Å²) < 4.78 is 0. The molecule has 0 unspecified atom stereocenters. The summed E-state index contributed by atoms with van der Waals surface area (Å²) >= 11 is 5.92. The highest BCUT2D eigenvalue weighted by Crippen LogP contribution is 2.14. The van der Waals surface area contributed by atoms with Crippen molar-refractivity contribution in [3.05, 3.63) is 34.9 Å². The largest absolute Gasteiger partial charge is 0.354 e. The first-order chi connectivity index (χ1) is 7.54. The van der Waals surface area contributed by atoms with Crippen molar-refractivity contribution in [3.63, 3.8) is 0 Å². The minimum Gasteiger partial charge on any atom is -0.354 e. The van der Waals surface area contributed by atoms with Gasteiger partial charge in [-0.3, -0.25) is 4.79 Å². The van der Waals surface area contributed by atoms with Crippen LogP contribution < -0.4 is 10.6 Å². The summed E-state index contributed by atoms with van der Waals surface area (Å²) in [4.78, 5) is 11.4. The second-order valence-corrected chi connectivity index (χ2v) is 4.38. The van der Waals surface area contributed by atoms with Crippen LogP contribution in [0.1, 0.15) is 25.5 Å². The van der Waals surface area contributed by atoms with Gasteiger partial charge in [-0.2, -0.15) is 0 Å². The third kappa shape index (κ3) is 3.51. The molecule has 0 heterocycles. The first-order valence-corrected chi connectivity index (χ1v) is 5.74. The van der Waals surface area contributed by atoms with E-state index in [1.54, 1.807) is 7.05 Å². The van der Waals surface area contributed by atoms with Crippen molar-refractivity contribution < 1.29 is 10.1 Å². The molecule has 3 N–H and O–H groups in total. The highest BCUT2D eigenvalue weighted by Gasteiger charge is 2.18. The van der Waals surface area contributed by atoms with Crippen molar-refractivity contribution in [1.29, 1.82) is 0 Å². The first kappa shape index (κ1) is 13.0. The maximum Gasteiger partial charge on any atom is 0.277 e. The molecule has 16 heavy (non-hydrogen) atoms. The number of nitrogens with two attached hydrogens (primary N) is 1. The molecule has 0 aliphatic heterocycles. The molecule has 0 fully saturated rings. The van der Waals surface area contributed by atoms with Gasteiger partial charge in [-0.25, -0.2) is 0 Å². The molecule has 0 saturated carbocycles. The maximum absolute atomic E-state index is 11.4. The number of likely N-dealkylation sites (N-methyl/N-ethyl adjacent to an activating group) is 1. The van der Waals surface area contributed by atoms with Gasteiger partial charge < -0.3 is 10.6 Å². The van der Waals surface area contributed by atoms with Gasteiger partial charge in [-0.15, -0.1) is 0 Å². The monoisotopic (exact) mass is 241 g/mol. The number of hydrogen-bond acceptors (Lipinski definition) is 1. The van der Waals surface area contributed by atoms with Crippen molar-refractivity contribution in [2.45, 2.75) is 25.9 Å². The fraction of sp³-hybridized carbons (Fsp3) is 0.417. The van der Waals surface area contributed by atoms with Gasteiger partial charge in [0.25, 0.3) is 5.91 Å². The second kappa shape index (κ2) is 5.87. The molecule has 0 aromatic heterocycles. The average molecular weight is 242 g/mol. The van der Waals surface area contributed by atoms with E-state index < -0.39 is 0 Å². The standard InChI is InChI=1S/C12H17ClN2O/c1-8(15-9(2)12(16)14-3)10-5-4-6-11(13)7-10/h4-9,15H,1-3H3,(H,14,16)/p+1/t8-,9-/m1/s1. The Labute approximate surface area is 101 Å². The van der Waals surface area contributed by atoms with Crippen molar-refractivity contribution >= 4 is 17.5 Å². The molecule has 0 aliphatic rings. The summed E-state index contributed by atoms with van der Waals surface area (Å²) in [5.74, 6) is 0.0360. The molecule has 1 aromatic rings. The molecule has 1 aromatic carbocycles. The molecule has 88 valence electrons. The number of rotatable bonds is 4. The quantitative estimate of drug-likeness (QED) is 0.815. The summed E-state index contributed by atoms with van der Waals surface area (Å²) in [6.45, 7) is 3.95. The van der Waals surface area contributed by atoms with Crippen LogP contribution in [0.4, 0.5) is 0 Å². The van der Waals surface area contributed by atoms with E-state index in [0.717, 1.165) is 10.6 Å². The molecule has 2 atom stereocenters. The van der Waals surface area contributed by atoms with Crippen molar-refractivity contribution in [3.8, 4) is 0 Å². The zero-order valence-electron chi connectivity index (χ0n) is 9.83. The van der Waals surface area contributed by atoms with Crippen LogP contribution in [0.15, 0.2) is 24.3 Å². The molecule has 4 heteroatoms. The van der Waals surface area contributed by atoms with E-state index in [9.17, 15) is 4.79 Å². The topological polar surface area (TPSA) is 45.7 Å². The van der Waals surface area contributed by atoms with Gasteiger partial charge in [-0.05, 0) is 26.0 Å². The highest BCUT2D eigenvalue weighted by molar-refractivity contribution is 6.30. The van der Waals surface area contributed by atoms with Crippen molar-refractivity contribution in [1.82, 2.24) is 5.32 Å². The number of halogens is 1. The average Bonchev–Trinajstić information content (AvgIpc) is 2.27. The molecular weight excluding hydrogens is 224 g/mol. The van der Waals surface area contributed by atoms with Gasteiger partial charge in [-0.1, -0.05) is 23.7 Å². The van der Waals surface area contributed by atoms with Crippen LogP contribution in [-0.4, -0.2) is 19.0 Å². The lowest BCUT2D eigenvalue weighted by Crippen LogP contribution is -2.92. The third-order valence-electron chi connectivity index (χ3n) is 2.61. The fourth-order valence-corrected chi connectivity index (χ4v) is 1.85. The minimum atomic E-state index is -0.0982. The van der Waals surface area contributed by atoms with E-state index in [0.29, 0.717) is 0 Å². The van der Waals surface area contributed by atoms with E-state index in [4.69, 9.17) is 11.6 Å². The Morgan fingerprint density at radius 2 is 2.12 bits per heavy atom. The van der Waals surface area contributed by atoms with E-state index in [1.165, 1.54) is 0 Å². The van der Waals surface area contributed by atoms with Gasteiger partial charge in [0, 0.05) is 17.6 Å². The number of carbonyl (C=O) groups excluding carboxylic acids is 1. The predicted molar refractivity (Wildman–Crippen MR) is 65.3 cm³/mol. The van der Waals surface area contributed by atoms with E-state index in [1.807, 2.05) is 36.5 Å². The van der Waals surface area contributed by atoms with Crippen molar-refractivity contribution in [2.24, 2.45) is 0 Å². The number of hydrogen-bond donors (Lipinski definition) is 2. The molecule has 1 rings (SSSR count). The first-order valence-electron chi connectivity index (χ1n) is 5.36. The summed E-state index contributed by atoms with van der Waals surface area (Å²) in [5.41, 5.74) is 1.13.